The number of carbonyl (C=O) groups is 1. The molecule has 0 unspecified atom stereocenters. The first-order valence-corrected chi connectivity index (χ1v) is 5.42. The predicted molar refractivity (Wildman–Crippen MR) is 57.0 cm³/mol. The topological polar surface area (TPSA) is 58.4 Å². The monoisotopic (exact) mass is 199 g/mol. The van der Waals surface area contributed by atoms with Crippen LogP contribution in [0.15, 0.2) is 0 Å². The zero-order valence-corrected chi connectivity index (χ0v) is 8.96. The third kappa shape index (κ3) is 3.64. The summed E-state index contributed by atoms with van der Waals surface area (Å²) in [5.74, 6) is 0.0586. The maximum Gasteiger partial charge on any atom is 0.216 e. The van der Waals surface area contributed by atoms with Gasteiger partial charge in [-0.3, -0.25) is 9.69 Å². The molecule has 1 rings (SSSR count). The average molecular weight is 199 g/mol. The number of nitrogens with zero attached hydrogens (tertiary/aromatic N) is 1. The van der Waals surface area contributed by atoms with E-state index in [1.54, 1.807) is 6.92 Å². The van der Waals surface area contributed by atoms with Crippen molar-refractivity contribution < 1.29 is 4.79 Å². The van der Waals surface area contributed by atoms with Crippen molar-refractivity contribution in [2.75, 3.05) is 26.2 Å². The molecular weight excluding hydrogens is 178 g/mol. The zero-order chi connectivity index (χ0) is 10.4. The van der Waals surface area contributed by atoms with Crippen LogP contribution in [0.5, 0.6) is 0 Å². The van der Waals surface area contributed by atoms with E-state index in [0.29, 0.717) is 12.6 Å². The molecule has 1 heterocycles. The molecule has 0 radical (unpaired) electrons. The maximum atomic E-state index is 10.8. The summed E-state index contributed by atoms with van der Waals surface area (Å²) in [6.07, 6.45) is 3.71. The first kappa shape index (κ1) is 11.5. The van der Waals surface area contributed by atoms with Crippen molar-refractivity contribution in [3.8, 4) is 0 Å². The molecule has 1 aliphatic rings. The van der Waals surface area contributed by atoms with Crippen LogP contribution in [0.4, 0.5) is 0 Å². The van der Waals surface area contributed by atoms with Crippen LogP contribution in [0.25, 0.3) is 0 Å². The number of amides is 1. The molecule has 82 valence electrons. The van der Waals surface area contributed by atoms with E-state index >= 15 is 0 Å². The molecule has 1 atom stereocenters. The first-order chi connectivity index (χ1) is 6.74. The van der Waals surface area contributed by atoms with Gasteiger partial charge in [-0.1, -0.05) is 6.42 Å². The van der Waals surface area contributed by atoms with Gasteiger partial charge >= 0.3 is 0 Å². The summed E-state index contributed by atoms with van der Waals surface area (Å²) in [5.41, 5.74) is 5.55. The highest BCUT2D eigenvalue weighted by molar-refractivity contribution is 5.72. The van der Waals surface area contributed by atoms with Gasteiger partial charge in [0, 0.05) is 32.6 Å². The van der Waals surface area contributed by atoms with Gasteiger partial charge in [0.2, 0.25) is 5.91 Å². The molecule has 0 aromatic rings. The van der Waals surface area contributed by atoms with Gasteiger partial charge in [0.15, 0.2) is 0 Å². The zero-order valence-electron chi connectivity index (χ0n) is 8.96. The lowest BCUT2D eigenvalue weighted by atomic mass is 10.0. The second-order valence-corrected chi connectivity index (χ2v) is 3.91. The molecule has 0 aromatic heterocycles. The summed E-state index contributed by atoms with van der Waals surface area (Å²) >= 11 is 0. The Hall–Kier alpha value is -0.610. The van der Waals surface area contributed by atoms with Crippen LogP contribution in [0.3, 0.4) is 0 Å². The molecule has 14 heavy (non-hydrogen) atoms. The quantitative estimate of drug-likeness (QED) is 0.666. The Labute approximate surface area is 85.8 Å². The standard InChI is InChI=1S/C10H21N3O/c1-9(14)12-8-10-4-2-3-6-13(10)7-5-11/h10H,2-8,11H2,1H3,(H,12,14)/t10-/m1/s1. The Balaban J connectivity index is 2.33. The highest BCUT2D eigenvalue weighted by atomic mass is 16.1. The van der Waals surface area contributed by atoms with Crippen molar-refractivity contribution in [3.05, 3.63) is 0 Å². The van der Waals surface area contributed by atoms with Crippen LogP contribution in [-0.2, 0) is 4.79 Å². The number of hydrogen-bond acceptors (Lipinski definition) is 3. The molecular formula is C10H21N3O. The largest absolute Gasteiger partial charge is 0.355 e. The third-order valence-corrected chi connectivity index (χ3v) is 2.75. The van der Waals surface area contributed by atoms with Crippen molar-refractivity contribution in [3.63, 3.8) is 0 Å². The normalized spacial score (nSPS) is 23.4. The molecule has 0 bridgehead atoms. The summed E-state index contributed by atoms with van der Waals surface area (Å²) in [4.78, 5) is 13.2. The number of nitrogens with two attached hydrogens (primary N) is 1. The molecule has 0 aromatic carbocycles. The molecule has 0 spiro atoms. The Morgan fingerprint density at radius 1 is 1.57 bits per heavy atom. The van der Waals surface area contributed by atoms with Gasteiger partial charge in [-0.05, 0) is 19.4 Å². The van der Waals surface area contributed by atoms with Gasteiger partial charge in [0.25, 0.3) is 0 Å². The van der Waals surface area contributed by atoms with Gasteiger partial charge < -0.3 is 11.1 Å². The summed E-state index contributed by atoms with van der Waals surface area (Å²) in [6, 6.07) is 0.496. The minimum absolute atomic E-state index is 0.0586. The van der Waals surface area contributed by atoms with Gasteiger partial charge in [-0.25, -0.2) is 0 Å². The van der Waals surface area contributed by atoms with Crippen LogP contribution in [0.2, 0.25) is 0 Å². The van der Waals surface area contributed by atoms with Crippen LogP contribution in [0, 0.1) is 0 Å². The van der Waals surface area contributed by atoms with Crippen LogP contribution >= 0.6 is 0 Å². The summed E-state index contributed by atoms with van der Waals surface area (Å²) in [7, 11) is 0. The molecule has 1 saturated heterocycles. The van der Waals surface area contributed by atoms with Gasteiger partial charge in [0.05, 0.1) is 0 Å². The van der Waals surface area contributed by atoms with Crippen molar-refractivity contribution in [1.82, 2.24) is 10.2 Å². The van der Waals surface area contributed by atoms with E-state index in [2.05, 4.69) is 10.2 Å². The van der Waals surface area contributed by atoms with Crippen molar-refractivity contribution in [2.45, 2.75) is 32.2 Å². The Kier molecular flexibility index (Phi) is 4.90. The highest BCUT2D eigenvalue weighted by Gasteiger charge is 2.21. The van der Waals surface area contributed by atoms with E-state index < -0.39 is 0 Å². The van der Waals surface area contributed by atoms with Crippen molar-refractivity contribution in [1.29, 1.82) is 0 Å². The molecule has 4 heteroatoms. The van der Waals surface area contributed by atoms with Gasteiger partial charge in [-0.15, -0.1) is 0 Å². The minimum Gasteiger partial charge on any atom is -0.355 e. The number of nitrogens with one attached hydrogen (secondary N) is 1. The molecule has 4 nitrogen and oxygen atoms in total. The fourth-order valence-corrected chi connectivity index (χ4v) is 2.01. The fraction of sp³-hybridized carbons (Fsp3) is 0.900. The van der Waals surface area contributed by atoms with Crippen molar-refractivity contribution in [2.24, 2.45) is 5.73 Å². The van der Waals surface area contributed by atoms with E-state index in [9.17, 15) is 4.79 Å². The second kappa shape index (κ2) is 5.98. The molecule has 0 aliphatic carbocycles. The summed E-state index contributed by atoms with van der Waals surface area (Å²) in [6.45, 7) is 5.12. The summed E-state index contributed by atoms with van der Waals surface area (Å²) < 4.78 is 0. The predicted octanol–water partition coefficient (Wildman–Crippen LogP) is -0.0643. The maximum absolute atomic E-state index is 10.8. The molecule has 1 aliphatic heterocycles. The Bertz CT molecular complexity index is 182. The van der Waals surface area contributed by atoms with Gasteiger partial charge in [0.1, 0.15) is 0 Å². The summed E-state index contributed by atoms with van der Waals surface area (Å²) in [5, 5.41) is 2.88. The van der Waals surface area contributed by atoms with Crippen molar-refractivity contribution >= 4 is 5.91 Å². The second-order valence-electron chi connectivity index (χ2n) is 3.91. The number of likely N-dealkylation sites (tertiary alicyclic amines) is 1. The lowest BCUT2D eigenvalue weighted by molar-refractivity contribution is -0.119. The lowest BCUT2D eigenvalue weighted by Crippen LogP contribution is -2.47. The van der Waals surface area contributed by atoms with E-state index in [1.807, 2.05) is 0 Å². The number of carbonyl (C=O) groups excluding carboxylic acids is 1. The number of hydrogen-bond donors (Lipinski definition) is 2. The molecule has 0 saturated carbocycles. The first-order valence-electron chi connectivity index (χ1n) is 5.42. The number of piperidine rings is 1. The Morgan fingerprint density at radius 2 is 2.36 bits per heavy atom. The third-order valence-electron chi connectivity index (χ3n) is 2.75. The van der Waals surface area contributed by atoms with E-state index in [-0.39, 0.29) is 5.91 Å². The average Bonchev–Trinajstić information content (AvgIpc) is 2.17. The smallest absolute Gasteiger partial charge is 0.216 e. The Morgan fingerprint density at radius 3 is 3.00 bits per heavy atom. The van der Waals surface area contributed by atoms with Crippen LogP contribution in [-0.4, -0.2) is 43.0 Å². The fourth-order valence-electron chi connectivity index (χ4n) is 2.01. The van der Waals surface area contributed by atoms with E-state index in [4.69, 9.17) is 5.73 Å². The lowest BCUT2D eigenvalue weighted by Gasteiger charge is -2.35. The van der Waals surface area contributed by atoms with Crippen LogP contribution < -0.4 is 11.1 Å². The minimum atomic E-state index is 0.0586. The molecule has 1 fully saturated rings. The van der Waals surface area contributed by atoms with Gasteiger partial charge in [-0.2, -0.15) is 0 Å². The molecule has 1 amide bonds. The molecule has 3 N–H and O–H groups in total. The van der Waals surface area contributed by atoms with E-state index in [0.717, 1.165) is 19.6 Å². The van der Waals surface area contributed by atoms with E-state index in [1.165, 1.54) is 19.3 Å². The highest BCUT2D eigenvalue weighted by Crippen LogP contribution is 2.15. The number of rotatable bonds is 4. The van der Waals surface area contributed by atoms with Crippen LogP contribution in [0.1, 0.15) is 26.2 Å². The SMILES string of the molecule is CC(=O)NC[C@H]1CCCCN1CCN.